The summed E-state index contributed by atoms with van der Waals surface area (Å²) >= 11 is 0. The molecule has 3 N–H and O–H groups in total. The van der Waals surface area contributed by atoms with Crippen LogP contribution >= 0.6 is 0 Å². The number of rotatable bonds is 8. The number of carbonyl (C=O) groups excluding carboxylic acids is 1. The lowest BCUT2D eigenvalue weighted by Crippen LogP contribution is -2.16. The second-order valence-corrected chi connectivity index (χ2v) is 12.3. The Balaban J connectivity index is 1.45. The van der Waals surface area contributed by atoms with Crippen LogP contribution in [0.1, 0.15) is 27.0 Å². The lowest BCUT2D eigenvalue weighted by atomic mass is 10.1. The summed E-state index contributed by atoms with van der Waals surface area (Å²) in [5.41, 5.74) is 4.10. The summed E-state index contributed by atoms with van der Waals surface area (Å²) in [4.78, 5) is 13.0. The molecule has 0 saturated heterocycles. The van der Waals surface area contributed by atoms with Crippen molar-refractivity contribution in [1.29, 1.82) is 0 Å². The molecular weight excluding hydrogens is 522 g/mol. The van der Waals surface area contributed by atoms with Crippen LogP contribution < -0.4 is 14.8 Å². The summed E-state index contributed by atoms with van der Waals surface area (Å²) in [5, 5.41) is 2.70. The quantitative estimate of drug-likeness (QED) is 0.269. The van der Waals surface area contributed by atoms with Crippen LogP contribution in [0, 0.1) is 20.8 Å². The highest BCUT2D eigenvalue weighted by Crippen LogP contribution is 2.23. The number of hydrogen-bond donors (Lipinski definition) is 3. The minimum Gasteiger partial charge on any atom is -0.322 e. The molecule has 0 saturated carbocycles. The number of sulfonamides is 2. The molecule has 4 rings (SSSR count). The van der Waals surface area contributed by atoms with Crippen LogP contribution in [0.25, 0.3) is 0 Å². The number of anilines is 3. The predicted molar refractivity (Wildman–Crippen MR) is 150 cm³/mol. The third-order valence-corrected chi connectivity index (χ3v) is 8.54. The van der Waals surface area contributed by atoms with E-state index >= 15 is 0 Å². The Hall–Kier alpha value is -4.15. The van der Waals surface area contributed by atoms with E-state index < -0.39 is 26.0 Å². The molecule has 38 heavy (non-hydrogen) atoms. The van der Waals surface area contributed by atoms with Crippen molar-refractivity contribution in [3.8, 4) is 0 Å². The highest BCUT2D eigenvalue weighted by molar-refractivity contribution is 7.93. The predicted octanol–water partition coefficient (Wildman–Crippen LogP) is 5.47. The fraction of sp³-hybridized carbons (Fsp3) is 0.107. The fourth-order valence-electron chi connectivity index (χ4n) is 3.71. The van der Waals surface area contributed by atoms with Gasteiger partial charge < -0.3 is 5.32 Å². The van der Waals surface area contributed by atoms with Crippen molar-refractivity contribution >= 4 is 43.0 Å². The van der Waals surface area contributed by atoms with E-state index in [4.69, 9.17) is 0 Å². The molecule has 0 aromatic heterocycles. The average Bonchev–Trinajstić information content (AvgIpc) is 2.86. The Morgan fingerprint density at radius 1 is 0.605 bits per heavy atom. The van der Waals surface area contributed by atoms with Gasteiger partial charge in [-0.1, -0.05) is 41.5 Å². The lowest BCUT2D eigenvalue weighted by Gasteiger charge is -2.12. The molecule has 196 valence electrons. The van der Waals surface area contributed by atoms with Gasteiger partial charge in [0.05, 0.1) is 15.5 Å². The molecule has 4 aromatic rings. The molecule has 0 unspecified atom stereocenters. The number of carbonyl (C=O) groups is 1. The summed E-state index contributed by atoms with van der Waals surface area (Å²) in [6.07, 6.45) is 0. The van der Waals surface area contributed by atoms with Gasteiger partial charge >= 0.3 is 0 Å². The van der Waals surface area contributed by atoms with E-state index in [0.29, 0.717) is 11.4 Å². The Morgan fingerprint density at radius 3 is 1.82 bits per heavy atom. The van der Waals surface area contributed by atoms with Gasteiger partial charge in [0, 0.05) is 16.9 Å². The number of benzene rings is 4. The Kier molecular flexibility index (Phi) is 7.56. The summed E-state index contributed by atoms with van der Waals surface area (Å²) in [6, 6.07) is 23.7. The number of amides is 1. The normalized spacial score (nSPS) is 11.6. The first kappa shape index (κ1) is 26.9. The molecule has 0 atom stereocenters. The maximum atomic E-state index is 12.8. The number of aryl methyl sites for hydroxylation is 3. The van der Waals surface area contributed by atoms with Crippen LogP contribution in [0.4, 0.5) is 17.1 Å². The zero-order valence-corrected chi connectivity index (χ0v) is 22.7. The number of nitrogens with one attached hydrogen (secondary N) is 3. The fourth-order valence-corrected chi connectivity index (χ4v) is 5.89. The Labute approximate surface area is 222 Å². The highest BCUT2D eigenvalue weighted by atomic mass is 32.2. The van der Waals surface area contributed by atoms with Crippen LogP contribution in [0.3, 0.4) is 0 Å². The van der Waals surface area contributed by atoms with E-state index in [0.717, 1.165) is 16.7 Å². The van der Waals surface area contributed by atoms with E-state index in [1.807, 2.05) is 32.9 Å². The molecule has 0 heterocycles. The van der Waals surface area contributed by atoms with E-state index in [-0.39, 0.29) is 21.0 Å². The van der Waals surface area contributed by atoms with Crippen molar-refractivity contribution in [3.63, 3.8) is 0 Å². The molecule has 0 aliphatic carbocycles. The maximum Gasteiger partial charge on any atom is 0.261 e. The third kappa shape index (κ3) is 6.39. The van der Waals surface area contributed by atoms with Crippen LogP contribution in [0.5, 0.6) is 0 Å². The smallest absolute Gasteiger partial charge is 0.261 e. The van der Waals surface area contributed by atoms with Crippen molar-refractivity contribution in [2.75, 3.05) is 14.8 Å². The van der Waals surface area contributed by atoms with Crippen molar-refractivity contribution in [3.05, 3.63) is 113 Å². The largest absolute Gasteiger partial charge is 0.322 e. The first-order chi connectivity index (χ1) is 17.9. The molecule has 0 radical (unpaired) electrons. The molecule has 8 nitrogen and oxygen atoms in total. The SMILES string of the molecule is Cc1ccc(S(=O)(=O)Nc2cccc(C(=O)Nc3ccc(S(=O)(=O)Nc4ccc(C)cc4C)cc3)c2)cc1. The minimum atomic E-state index is -3.82. The van der Waals surface area contributed by atoms with Crippen LogP contribution in [0.2, 0.25) is 0 Å². The van der Waals surface area contributed by atoms with Gasteiger partial charge in [0.15, 0.2) is 0 Å². The van der Waals surface area contributed by atoms with Gasteiger partial charge in [0.25, 0.3) is 26.0 Å². The van der Waals surface area contributed by atoms with Gasteiger partial charge in [0.1, 0.15) is 0 Å². The van der Waals surface area contributed by atoms with E-state index in [2.05, 4.69) is 14.8 Å². The summed E-state index contributed by atoms with van der Waals surface area (Å²) in [7, 11) is -7.64. The molecule has 4 aromatic carbocycles. The van der Waals surface area contributed by atoms with Gasteiger partial charge in [-0.15, -0.1) is 0 Å². The van der Waals surface area contributed by atoms with Gasteiger partial charge in [-0.05, 0) is 87.0 Å². The molecule has 0 fully saturated rings. The molecule has 0 aliphatic heterocycles. The van der Waals surface area contributed by atoms with Crippen LogP contribution in [-0.4, -0.2) is 22.7 Å². The monoisotopic (exact) mass is 549 g/mol. The van der Waals surface area contributed by atoms with Crippen LogP contribution in [-0.2, 0) is 20.0 Å². The maximum absolute atomic E-state index is 12.8. The molecule has 0 spiro atoms. The minimum absolute atomic E-state index is 0.0444. The summed E-state index contributed by atoms with van der Waals surface area (Å²) in [5.74, 6) is -0.481. The Bertz CT molecular complexity index is 1700. The Morgan fingerprint density at radius 2 is 1.18 bits per heavy atom. The molecule has 1 amide bonds. The first-order valence-corrected chi connectivity index (χ1v) is 14.6. The summed E-state index contributed by atoms with van der Waals surface area (Å²) < 4.78 is 56.0. The summed E-state index contributed by atoms with van der Waals surface area (Å²) in [6.45, 7) is 5.62. The third-order valence-electron chi connectivity index (χ3n) is 5.76. The molecular formula is C28H27N3O5S2. The van der Waals surface area contributed by atoms with Crippen molar-refractivity contribution in [2.45, 2.75) is 30.6 Å². The average molecular weight is 550 g/mol. The van der Waals surface area contributed by atoms with Crippen molar-refractivity contribution in [1.82, 2.24) is 0 Å². The van der Waals surface area contributed by atoms with Crippen LogP contribution in [0.15, 0.2) is 101 Å². The van der Waals surface area contributed by atoms with Gasteiger partial charge in [-0.25, -0.2) is 16.8 Å². The second-order valence-electron chi connectivity index (χ2n) is 8.90. The van der Waals surface area contributed by atoms with Crippen molar-refractivity contribution < 1.29 is 21.6 Å². The van der Waals surface area contributed by atoms with E-state index in [1.165, 1.54) is 42.5 Å². The molecule has 0 bridgehead atoms. The molecule has 10 heteroatoms. The van der Waals surface area contributed by atoms with Gasteiger partial charge in [0.2, 0.25) is 0 Å². The standard InChI is InChI=1S/C28H27N3O5S2/c1-19-7-12-25(13-8-19)37(33,34)30-24-6-4-5-22(18-24)28(32)29-23-10-14-26(15-11-23)38(35,36)31-27-16-9-20(2)17-21(27)3/h4-18,30-31H,1-3H3,(H,29,32). The zero-order valence-electron chi connectivity index (χ0n) is 21.0. The second kappa shape index (κ2) is 10.7. The highest BCUT2D eigenvalue weighted by Gasteiger charge is 2.17. The first-order valence-electron chi connectivity index (χ1n) is 11.6. The zero-order chi connectivity index (χ0) is 27.5. The topological polar surface area (TPSA) is 121 Å². The van der Waals surface area contributed by atoms with E-state index in [9.17, 15) is 21.6 Å². The number of hydrogen-bond acceptors (Lipinski definition) is 5. The van der Waals surface area contributed by atoms with Gasteiger partial charge in [-0.3, -0.25) is 14.2 Å². The molecule has 0 aliphatic rings. The van der Waals surface area contributed by atoms with Crippen molar-refractivity contribution in [2.24, 2.45) is 0 Å². The lowest BCUT2D eigenvalue weighted by molar-refractivity contribution is 0.102. The van der Waals surface area contributed by atoms with Gasteiger partial charge in [-0.2, -0.15) is 0 Å². The van der Waals surface area contributed by atoms with E-state index in [1.54, 1.807) is 36.4 Å².